The van der Waals surface area contributed by atoms with Crippen LogP contribution < -0.4 is 5.32 Å². The summed E-state index contributed by atoms with van der Waals surface area (Å²) in [6.45, 7) is 0.399. The molecule has 1 aromatic heterocycles. The molecule has 0 atom stereocenters. The Morgan fingerprint density at radius 2 is 2.14 bits per heavy atom. The van der Waals surface area contributed by atoms with Gasteiger partial charge in [-0.25, -0.2) is 4.79 Å². The summed E-state index contributed by atoms with van der Waals surface area (Å²) in [6, 6.07) is 11.1. The fourth-order valence-corrected chi connectivity index (χ4v) is 1.59. The van der Waals surface area contributed by atoms with E-state index in [1.54, 1.807) is 12.3 Å². The number of hydrogen-bond acceptors (Lipinski definition) is 3. The van der Waals surface area contributed by atoms with Gasteiger partial charge in [-0.05, 0) is 11.6 Å². The Bertz CT molecular complexity index is 666. The van der Waals surface area contributed by atoms with E-state index in [0.29, 0.717) is 17.5 Å². The molecule has 0 saturated carbocycles. The number of H-pyrrole nitrogens is 1. The van der Waals surface area contributed by atoms with Crippen LogP contribution in [0.3, 0.4) is 0 Å². The number of carbonyl (C=O) groups excluding carboxylic acids is 2. The monoisotopic (exact) mass is 282 g/mol. The summed E-state index contributed by atoms with van der Waals surface area (Å²) in [5.41, 5.74) is 2.08. The maximum absolute atomic E-state index is 11.4. The molecule has 0 spiro atoms. The number of carbonyl (C=O) groups is 2. The van der Waals surface area contributed by atoms with Crippen LogP contribution in [0.15, 0.2) is 42.6 Å². The summed E-state index contributed by atoms with van der Waals surface area (Å²) < 4.78 is 5.03. The molecule has 1 amide bonds. The van der Waals surface area contributed by atoms with Crippen LogP contribution in [0.4, 0.5) is 4.79 Å². The lowest BCUT2D eigenvalue weighted by molar-refractivity contribution is 0.111. The van der Waals surface area contributed by atoms with Crippen molar-refractivity contribution in [3.05, 3.63) is 59.4 Å². The van der Waals surface area contributed by atoms with Crippen LogP contribution in [0.25, 0.3) is 0 Å². The van der Waals surface area contributed by atoms with Crippen LogP contribution in [0.1, 0.15) is 21.6 Å². The number of amides is 1. The van der Waals surface area contributed by atoms with Crippen molar-refractivity contribution in [2.45, 2.75) is 6.61 Å². The summed E-state index contributed by atoms with van der Waals surface area (Å²) >= 11 is 0. The molecule has 106 valence electrons. The number of aldehydes is 1. The molecule has 0 aliphatic heterocycles. The number of alkyl carbamates (subject to hydrolysis) is 1. The third-order valence-electron chi connectivity index (χ3n) is 2.60. The first-order chi connectivity index (χ1) is 10.3. The van der Waals surface area contributed by atoms with E-state index in [0.717, 1.165) is 5.56 Å². The molecule has 0 radical (unpaired) electrons. The summed E-state index contributed by atoms with van der Waals surface area (Å²) in [6.07, 6.45) is 1.82. The molecular weight excluding hydrogens is 268 g/mol. The number of rotatable bonds is 4. The van der Waals surface area contributed by atoms with E-state index in [9.17, 15) is 9.59 Å². The standard InChI is InChI=1S/C16H14N2O3/c19-11-15-9-14(10-18-15)7-4-8-17-16(20)21-12-13-5-2-1-3-6-13/h1-3,5-6,9-11,18H,8,12H2,(H,17,20). The molecule has 1 aromatic carbocycles. The molecule has 0 aliphatic carbocycles. The minimum Gasteiger partial charge on any atom is -0.445 e. The van der Waals surface area contributed by atoms with Gasteiger partial charge in [0.05, 0.1) is 12.2 Å². The zero-order valence-electron chi connectivity index (χ0n) is 11.3. The summed E-state index contributed by atoms with van der Waals surface area (Å²) in [5.74, 6) is 5.59. The smallest absolute Gasteiger partial charge is 0.408 e. The normalized spacial score (nSPS) is 9.33. The maximum atomic E-state index is 11.4. The van der Waals surface area contributed by atoms with Crippen LogP contribution in [-0.2, 0) is 11.3 Å². The minimum atomic E-state index is -0.518. The number of aromatic nitrogens is 1. The van der Waals surface area contributed by atoms with E-state index in [2.05, 4.69) is 22.1 Å². The number of nitrogens with one attached hydrogen (secondary N) is 2. The second-order valence-corrected chi connectivity index (χ2v) is 4.18. The Balaban J connectivity index is 1.71. The molecular formula is C16H14N2O3. The highest BCUT2D eigenvalue weighted by molar-refractivity contribution is 5.73. The van der Waals surface area contributed by atoms with Gasteiger partial charge in [0, 0.05) is 11.8 Å². The van der Waals surface area contributed by atoms with Crippen molar-refractivity contribution in [1.82, 2.24) is 10.3 Å². The Labute approximate surface area is 122 Å². The van der Waals surface area contributed by atoms with E-state index < -0.39 is 6.09 Å². The molecule has 1 heterocycles. The van der Waals surface area contributed by atoms with Gasteiger partial charge in [-0.1, -0.05) is 42.2 Å². The Morgan fingerprint density at radius 1 is 1.33 bits per heavy atom. The van der Waals surface area contributed by atoms with E-state index >= 15 is 0 Å². The molecule has 0 aliphatic rings. The molecule has 2 aromatic rings. The average molecular weight is 282 g/mol. The second kappa shape index (κ2) is 7.56. The first-order valence-electron chi connectivity index (χ1n) is 6.35. The fraction of sp³-hybridized carbons (Fsp3) is 0.125. The first-order valence-corrected chi connectivity index (χ1v) is 6.35. The molecule has 0 bridgehead atoms. The zero-order chi connectivity index (χ0) is 14.9. The van der Waals surface area contributed by atoms with Crippen LogP contribution in [0.2, 0.25) is 0 Å². The highest BCUT2D eigenvalue weighted by atomic mass is 16.5. The average Bonchev–Trinajstić information content (AvgIpc) is 2.98. The van der Waals surface area contributed by atoms with Crippen molar-refractivity contribution < 1.29 is 14.3 Å². The van der Waals surface area contributed by atoms with Crippen molar-refractivity contribution in [3.8, 4) is 11.8 Å². The van der Waals surface area contributed by atoms with Gasteiger partial charge >= 0.3 is 6.09 Å². The van der Waals surface area contributed by atoms with Gasteiger partial charge in [-0.3, -0.25) is 4.79 Å². The van der Waals surface area contributed by atoms with Crippen LogP contribution in [0, 0.1) is 11.8 Å². The van der Waals surface area contributed by atoms with Crippen molar-refractivity contribution >= 4 is 12.4 Å². The molecule has 2 rings (SSSR count). The van der Waals surface area contributed by atoms with Gasteiger partial charge < -0.3 is 15.0 Å². The second-order valence-electron chi connectivity index (χ2n) is 4.18. The number of benzene rings is 1. The third kappa shape index (κ3) is 4.88. The van der Waals surface area contributed by atoms with Crippen molar-refractivity contribution in [2.75, 3.05) is 6.54 Å². The largest absolute Gasteiger partial charge is 0.445 e. The zero-order valence-corrected chi connectivity index (χ0v) is 11.3. The SMILES string of the molecule is O=Cc1cc(C#CCNC(=O)OCc2ccccc2)c[nH]1. The lowest BCUT2D eigenvalue weighted by atomic mass is 10.2. The van der Waals surface area contributed by atoms with Crippen molar-refractivity contribution in [2.24, 2.45) is 0 Å². The molecule has 0 saturated heterocycles. The minimum absolute atomic E-state index is 0.176. The molecule has 21 heavy (non-hydrogen) atoms. The predicted octanol–water partition coefficient (Wildman–Crippen LogP) is 2.11. The maximum Gasteiger partial charge on any atom is 0.408 e. The van der Waals surface area contributed by atoms with Gasteiger partial charge in [-0.2, -0.15) is 0 Å². The Kier molecular flexibility index (Phi) is 5.18. The lowest BCUT2D eigenvalue weighted by Crippen LogP contribution is -2.24. The van der Waals surface area contributed by atoms with Gasteiger partial charge in [0.1, 0.15) is 6.61 Å². The van der Waals surface area contributed by atoms with Crippen LogP contribution in [0.5, 0.6) is 0 Å². The highest BCUT2D eigenvalue weighted by Gasteiger charge is 2.00. The predicted molar refractivity (Wildman–Crippen MR) is 77.7 cm³/mol. The molecule has 5 heteroatoms. The van der Waals surface area contributed by atoms with Crippen molar-refractivity contribution in [1.29, 1.82) is 0 Å². The van der Waals surface area contributed by atoms with Gasteiger partial charge in [0.15, 0.2) is 6.29 Å². The first kappa shape index (κ1) is 14.4. The van der Waals surface area contributed by atoms with E-state index in [-0.39, 0.29) is 13.2 Å². The van der Waals surface area contributed by atoms with Crippen LogP contribution >= 0.6 is 0 Å². The summed E-state index contributed by atoms with van der Waals surface area (Å²) in [5, 5.41) is 2.53. The molecule has 0 fully saturated rings. The molecule has 2 N–H and O–H groups in total. The number of hydrogen-bond donors (Lipinski definition) is 2. The fourth-order valence-electron chi connectivity index (χ4n) is 1.59. The Hall–Kier alpha value is -3.00. The number of ether oxygens (including phenoxy) is 1. The topological polar surface area (TPSA) is 71.2 Å². The summed E-state index contributed by atoms with van der Waals surface area (Å²) in [4.78, 5) is 24.7. The van der Waals surface area contributed by atoms with E-state index in [4.69, 9.17) is 4.74 Å². The van der Waals surface area contributed by atoms with E-state index in [1.807, 2.05) is 30.3 Å². The third-order valence-corrected chi connectivity index (χ3v) is 2.60. The van der Waals surface area contributed by atoms with Gasteiger partial charge in [-0.15, -0.1) is 0 Å². The Morgan fingerprint density at radius 3 is 2.86 bits per heavy atom. The highest BCUT2D eigenvalue weighted by Crippen LogP contribution is 2.00. The van der Waals surface area contributed by atoms with Gasteiger partial charge in [0.2, 0.25) is 0 Å². The quantitative estimate of drug-likeness (QED) is 0.666. The van der Waals surface area contributed by atoms with Crippen LogP contribution in [-0.4, -0.2) is 23.9 Å². The van der Waals surface area contributed by atoms with E-state index in [1.165, 1.54) is 0 Å². The lowest BCUT2D eigenvalue weighted by Gasteiger charge is -2.04. The molecule has 5 nitrogen and oxygen atoms in total. The summed E-state index contributed by atoms with van der Waals surface area (Å²) in [7, 11) is 0. The number of aromatic amines is 1. The van der Waals surface area contributed by atoms with Gasteiger partial charge in [0.25, 0.3) is 0 Å². The van der Waals surface area contributed by atoms with Crippen molar-refractivity contribution in [3.63, 3.8) is 0 Å². The molecule has 0 unspecified atom stereocenters.